The lowest BCUT2D eigenvalue weighted by molar-refractivity contribution is 0.112. The van der Waals surface area contributed by atoms with Gasteiger partial charge in [0.25, 0.3) is 0 Å². The van der Waals surface area contributed by atoms with E-state index < -0.39 is 11.6 Å². The Labute approximate surface area is 97.7 Å². The first kappa shape index (κ1) is 11.5. The van der Waals surface area contributed by atoms with Crippen LogP contribution in [0.1, 0.15) is 15.9 Å². The summed E-state index contributed by atoms with van der Waals surface area (Å²) in [5, 5.41) is 0. The quantitative estimate of drug-likeness (QED) is 0.720. The molecule has 0 aromatic heterocycles. The van der Waals surface area contributed by atoms with Crippen LogP contribution in [0.2, 0.25) is 0 Å². The Bertz CT molecular complexity index is 556. The number of rotatable bonds is 2. The van der Waals surface area contributed by atoms with Gasteiger partial charge in [0.1, 0.15) is 11.6 Å². The lowest BCUT2D eigenvalue weighted by Crippen LogP contribution is -1.95. The van der Waals surface area contributed by atoms with Crippen molar-refractivity contribution in [3.63, 3.8) is 0 Å². The van der Waals surface area contributed by atoms with Gasteiger partial charge in [-0.2, -0.15) is 0 Å². The third-order valence-electron chi connectivity index (χ3n) is 2.57. The van der Waals surface area contributed by atoms with Crippen molar-refractivity contribution in [3.05, 3.63) is 59.2 Å². The molecule has 17 heavy (non-hydrogen) atoms. The summed E-state index contributed by atoms with van der Waals surface area (Å²) in [5.41, 5.74) is 1.25. The first-order valence-corrected chi connectivity index (χ1v) is 5.13. The predicted molar refractivity (Wildman–Crippen MR) is 61.9 cm³/mol. The number of carbonyl (C=O) groups is 1. The van der Waals surface area contributed by atoms with E-state index >= 15 is 0 Å². The van der Waals surface area contributed by atoms with Gasteiger partial charge in [-0.3, -0.25) is 4.79 Å². The highest BCUT2D eigenvalue weighted by atomic mass is 19.1. The Morgan fingerprint density at radius 3 is 2.29 bits per heavy atom. The lowest BCUT2D eigenvalue weighted by atomic mass is 9.97. The molecular weight excluding hydrogens is 222 g/mol. The average molecular weight is 232 g/mol. The van der Waals surface area contributed by atoms with Crippen LogP contribution in [0.15, 0.2) is 36.4 Å². The standard InChI is InChI=1S/C14H10F2O/c1-9-5-6-10(8-17)11(7-9)14-12(15)3-2-4-13(14)16/h2-8H,1H3. The minimum absolute atomic E-state index is 0.154. The van der Waals surface area contributed by atoms with Crippen LogP contribution in [0.25, 0.3) is 11.1 Å². The van der Waals surface area contributed by atoms with Crippen molar-refractivity contribution in [2.75, 3.05) is 0 Å². The summed E-state index contributed by atoms with van der Waals surface area (Å²) < 4.78 is 27.3. The summed E-state index contributed by atoms with van der Waals surface area (Å²) in [5.74, 6) is -1.34. The molecule has 0 unspecified atom stereocenters. The van der Waals surface area contributed by atoms with Crippen molar-refractivity contribution in [2.45, 2.75) is 6.92 Å². The highest BCUT2D eigenvalue weighted by Crippen LogP contribution is 2.29. The lowest BCUT2D eigenvalue weighted by Gasteiger charge is -2.08. The van der Waals surface area contributed by atoms with Crippen LogP contribution in [0.5, 0.6) is 0 Å². The molecule has 0 N–H and O–H groups in total. The second-order valence-corrected chi connectivity index (χ2v) is 3.81. The topological polar surface area (TPSA) is 17.1 Å². The molecule has 0 aliphatic heterocycles. The van der Waals surface area contributed by atoms with Crippen molar-refractivity contribution in [3.8, 4) is 11.1 Å². The average Bonchev–Trinajstić information content (AvgIpc) is 2.29. The Morgan fingerprint density at radius 1 is 1.06 bits per heavy atom. The van der Waals surface area contributed by atoms with E-state index in [1.54, 1.807) is 25.1 Å². The number of aldehydes is 1. The summed E-state index contributed by atoms with van der Waals surface area (Å²) >= 11 is 0. The summed E-state index contributed by atoms with van der Waals surface area (Å²) in [6, 6.07) is 8.54. The highest BCUT2D eigenvalue weighted by molar-refractivity contribution is 5.88. The molecule has 2 aromatic carbocycles. The van der Waals surface area contributed by atoms with Gasteiger partial charge in [0.05, 0.1) is 5.56 Å². The monoisotopic (exact) mass is 232 g/mol. The Morgan fingerprint density at radius 2 is 1.71 bits per heavy atom. The van der Waals surface area contributed by atoms with Gasteiger partial charge in [-0.05, 0) is 24.6 Å². The normalized spacial score (nSPS) is 10.3. The number of hydrogen-bond donors (Lipinski definition) is 0. The van der Waals surface area contributed by atoms with E-state index in [-0.39, 0.29) is 16.7 Å². The number of benzene rings is 2. The van der Waals surface area contributed by atoms with Crippen molar-refractivity contribution in [1.29, 1.82) is 0 Å². The van der Waals surface area contributed by atoms with Gasteiger partial charge in [0, 0.05) is 5.56 Å². The molecule has 0 heterocycles. The maximum atomic E-state index is 13.6. The highest BCUT2D eigenvalue weighted by Gasteiger charge is 2.14. The Balaban J connectivity index is 2.75. The maximum absolute atomic E-state index is 13.6. The van der Waals surface area contributed by atoms with E-state index in [2.05, 4.69) is 0 Å². The number of halogens is 2. The molecule has 0 saturated heterocycles. The number of hydrogen-bond acceptors (Lipinski definition) is 1. The SMILES string of the molecule is Cc1ccc(C=O)c(-c2c(F)cccc2F)c1. The second-order valence-electron chi connectivity index (χ2n) is 3.81. The van der Waals surface area contributed by atoms with Crippen LogP contribution >= 0.6 is 0 Å². The van der Waals surface area contributed by atoms with Gasteiger partial charge in [0.15, 0.2) is 6.29 Å². The Hall–Kier alpha value is -2.03. The predicted octanol–water partition coefficient (Wildman–Crippen LogP) is 3.75. The molecule has 0 amide bonds. The van der Waals surface area contributed by atoms with Crippen LogP contribution in [-0.4, -0.2) is 6.29 Å². The van der Waals surface area contributed by atoms with E-state index in [4.69, 9.17) is 0 Å². The van der Waals surface area contributed by atoms with Crippen molar-refractivity contribution in [2.24, 2.45) is 0 Å². The fraction of sp³-hybridized carbons (Fsp3) is 0.0714. The first-order valence-electron chi connectivity index (χ1n) is 5.13. The third kappa shape index (κ3) is 2.09. The van der Waals surface area contributed by atoms with E-state index in [1.807, 2.05) is 0 Å². The molecule has 2 aromatic rings. The molecule has 0 atom stereocenters. The van der Waals surface area contributed by atoms with Crippen molar-refractivity contribution >= 4 is 6.29 Å². The second kappa shape index (κ2) is 4.45. The summed E-state index contributed by atoms with van der Waals surface area (Å²) in [6.45, 7) is 1.80. The van der Waals surface area contributed by atoms with Crippen LogP contribution in [0, 0.1) is 18.6 Å². The largest absolute Gasteiger partial charge is 0.298 e. The molecule has 0 radical (unpaired) electrons. The molecule has 0 fully saturated rings. The molecule has 0 aliphatic rings. The van der Waals surface area contributed by atoms with Crippen LogP contribution < -0.4 is 0 Å². The molecule has 0 aliphatic carbocycles. The van der Waals surface area contributed by atoms with Gasteiger partial charge in [-0.15, -0.1) is 0 Å². The van der Waals surface area contributed by atoms with Crippen LogP contribution in [-0.2, 0) is 0 Å². The molecular formula is C14H10F2O. The molecule has 1 nitrogen and oxygen atoms in total. The minimum atomic E-state index is -0.668. The molecule has 2 rings (SSSR count). The smallest absolute Gasteiger partial charge is 0.150 e. The molecule has 0 bridgehead atoms. The van der Waals surface area contributed by atoms with Gasteiger partial charge in [0.2, 0.25) is 0 Å². The molecule has 3 heteroatoms. The van der Waals surface area contributed by atoms with Crippen LogP contribution in [0.3, 0.4) is 0 Å². The van der Waals surface area contributed by atoms with Crippen LogP contribution in [0.4, 0.5) is 8.78 Å². The zero-order chi connectivity index (χ0) is 12.4. The molecule has 0 saturated carbocycles. The summed E-state index contributed by atoms with van der Waals surface area (Å²) in [7, 11) is 0. The summed E-state index contributed by atoms with van der Waals surface area (Å²) in [4.78, 5) is 10.9. The van der Waals surface area contributed by atoms with Crippen molar-refractivity contribution in [1.82, 2.24) is 0 Å². The number of aryl methyl sites for hydroxylation is 1. The first-order chi connectivity index (χ1) is 8.13. The van der Waals surface area contributed by atoms with E-state index in [0.29, 0.717) is 6.29 Å². The van der Waals surface area contributed by atoms with Gasteiger partial charge in [-0.1, -0.05) is 29.8 Å². The van der Waals surface area contributed by atoms with E-state index in [0.717, 1.165) is 5.56 Å². The third-order valence-corrected chi connectivity index (χ3v) is 2.57. The van der Waals surface area contributed by atoms with Crippen molar-refractivity contribution < 1.29 is 13.6 Å². The Kier molecular flexibility index (Phi) is 3.00. The number of carbonyl (C=O) groups excluding carboxylic acids is 1. The fourth-order valence-electron chi connectivity index (χ4n) is 1.74. The van der Waals surface area contributed by atoms with Gasteiger partial charge >= 0.3 is 0 Å². The van der Waals surface area contributed by atoms with Gasteiger partial charge < -0.3 is 0 Å². The minimum Gasteiger partial charge on any atom is -0.298 e. The zero-order valence-electron chi connectivity index (χ0n) is 9.21. The molecule has 0 spiro atoms. The van der Waals surface area contributed by atoms with E-state index in [1.165, 1.54) is 18.2 Å². The van der Waals surface area contributed by atoms with Gasteiger partial charge in [-0.25, -0.2) is 8.78 Å². The maximum Gasteiger partial charge on any atom is 0.150 e. The van der Waals surface area contributed by atoms with E-state index in [9.17, 15) is 13.6 Å². The molecule has 86 valence electrons. The summed E-state index contributed by atoms with van der Waals surface area (Å²) in [6.07, 6.45) is 0.598. The fourth-order valence-corrected chi connectivity index (χ4v) is 1.74. The zero-order valence-corrected chi connectivity index (χ0v) is 9.21.